The van der Waals surface area contributed by atoms with Gasteiger partial charge in [0.05, 0.1) is 12.5 Å². The number of rotatable bonds is 1. The topological polar surface area (TPSA) is 70.7 Å². The Balaban J connectivity index is 2.28. The molecule has 0 bridgehead atoms. The molecule has 0 aromatic heterocycles. The average Bonchev–Trinajstić information content (AvgIpc) is 2.62. The first-order valence-electron chi connectivity index (χ1n) is 9.89. The predicted molar refractivity (Wildman–Crippen MR) is 106 cm³/mol. The zero-order chi connectivity index (χ0) is 19.7. The third-order valence-corrected chi connectivity index (χ3v) is 4.42. The van der Waals surface area contributed by atoms with E-state index in [4.69, 9.17) is 4.74 Å². The number of hydrogen-bond donors (Lipinski definition) is 2. The van der Waals surface area contributed by atoms with Crippen molar-refractivity contribution in [2.45, 2.75) is 58.1 Å². The van der Waals surface area contributed by atoms with Gasteiger partial charge in [0.2, 0.25) is 5.91 Å². The van der Waals surface area contributed by atoms with Crippen LogP contribution in [0, 0.1) is 0 Å². The Morgan fingerprint density at radius 3 is 2.48 bits per heavy atom. The van der Waals surface area contributed by atoms with Crippen molar-refractivity contribution in [3.05, 3.63) is 35.9 Å². The van der Waals surface area contributed by atoms with Gasteiger partial charge < -0.3 is 20.3 Å². The maximum atomic E-state index is 12.9. The second-order valence-electron chi connectivity index (χ2n) is 7.96. The van der Waals surface area contributed by atoms with Crippen molar-refractivity contribution < 1.29 is 14.3 Å². The van der Waals surface area contributed by atoms with Gasteiger partial charge >= 0.3 is 6.09 Å². The molecule has 1 heterocycles. The lowest BCUT2D eigenvalue weighted by atomic mass is 10.0. The average molecular weight is 376 g/mol. The fourth-order valence-electron chi connectivity index (χ4n) is 3.12. The number of nitrogens with zero attached hydrogens (tertiary/aromatic N) is 1. The van der Waals surface area contributed by atoms with Crippen LogP contribution in [-0.2, 0) is 9.53 Å². The molecule has 1 aliphatic rings. The summed E-state index contributed by atoms with van der Waals surface area (Å²) in [6.45, 7) is 8.58. The number of benzene rings is 1. The van der Waals surface area contributed by atoms with E-state index in [1.165, 1.54) is 0 Å². The summed E-state index contributed by atoms with van der Waals surface area (Å²) < 4.78 is 5.65. The number of carbonyl (C=O) groups excluding carboxylic acids is 2. The van der Waals surface area contributed by atoms with Gasteiger partial charge in [0.1, 0.15) is 5.60 Å². The lowest BCUT2D eigenvalue weighted by Crippen LogP contribution is -2.41. The van der Waals surface area contributed by atoms with Gasteiger partial charge in [-0.05, 0) is 58.7 Å². The quantitative estimate of drug-likeness (QED) is 0.790. The number of carbonyl (C=O) groups is 2. The van der Waals surface area contributed by atoms with E-state index >= 15 is 0 Å². The highest BCUT2D eigenvalue weighted by molar-refractivity contribution is 5.78. The van der Waals surface area contributed by atoms with Gasteiger partial charge in [0.15, 0.2) is 0 Å². The molecule has 2 rings (SSSR count). The van der Waals surface area contributed by atoms with E-state index < -0.39 is 5.60 Å². The minimum atomic E-state index is -0.580. The highest BCUT2D eigenvalue weighted by atomic mass is 16.6. The largest absolute Gasteiger partial charge is 0.444 e. The minimum Gasteiger partial charge on any atom is -0.444 e. The standard InChI is InChI=1S/C21H33N3O3/c1-21(2,3)27-20(26)24-15-8-7-12-22-13-9-14-23-19(25)16-18(24)17-10-5-4-6-11-17/h4-6,10-11,18,22H,7-9,12-16H2,1-3H3,(H,23,25). The molecule has 0 aliphatic carbocycles. The van der Waals surface area contributed by atoms with Crippen LogP contribution in [0.1, 0.15) is 58.1 Å². The van der Waals surface area contributed by atoms with E-state index in [1.807, 2.05) is 51.1 Å². The van der Waals surface area contributed by atoms with Gasteiger partial charge in [-0.2, -0.15) is 0 Å². The third-order valence-electron chi connectivity index (χ3n) is 4.42. The summed E-state index contributed by atoms with van der Waals surface area (Å²) in [6, 6.07) is 9.41. The van der Waals surface area contributed by atoms with Crippen LogP contribution in [0.15, 0.2) is 30.3 Å². The molecule has 1 saturated heterocycles. The molecular weight excluding hydrogens is 342 g/mol. The Hall–Kier alpha value is -2.08. The second kappa shape index (κ2) is 10.3. The Labute approximate surface area is 162 Å². The lowest BCUT2D eigenvalue weighted by molar-refractivity contribution is -0.122. The molecule has 6 heteroatoms. The van der Waals surface area contributed by atoms with Crippen molar-refractivity contribution in [3.8, 4) is 0 Å². The van der Waals surface area contributed by atoms with Crippen LogP contribution >= 0.6 is 0 Å². The zero-order valence-corrected chi connectivity index (χ0v) is 16.8. The van der Waals surface area contributed by atoms with Gasteiger partial charge in [-0.25, -0.2) is 4.79 Å². The normalized spacial score (nSPS) is 20.6. The molecule has 1 aromatic carbocycles. The van der Waals surface area contributed by atoms with Crippen molar-refractivity contribution in [2.24, 2.45) is 0 Å². The molecule has 27 heavy (non-hydrogen) atoms. The number of amides is 2. The van der Waals surface area contributed by atoms with Crippen LogP contribution in [-0.4, -0.2) is 48.7 Å². The smallest absolute Gasteiger partial charge is 0.410 e. The highest BCUT2D eigenvalue weighted by Crippen LogP contribution is 2.27. The third kappa shape index (κ3) is 7.59. The van der Waals surface area contributed by atoms with E-state index in [0.717, 1.165) is 37.9 Å². The van der Waals surface area contributed by atoms with Gasteiger partial charge in [-0.15, -0.1) is 0 Å². The molecule has 0 spiro atoms. The summed E-state index contributed by atoms with van der Waals surface area (Å²) in [6.07, 6.45) is 2.60. The summed E-state index contributed by atoms with van der Waals surface area (Å²) >= 11 is 0. The summed E-state index contributed by atoms with van der Waals surface area (Å²) in [5, 5.41) is 6.35. The van der Waals surface area contributed by atoms with E-state index in [2.05, 4.69) is 10.6 Å². The second-order valence-corrected chi connectivity index (χ2v) is 7.96. The van der Waals surface area contributed by atoms with Gasteiger partial charge in [-0.3, -0.25) is 4.79 Å². The lowest BCUT2D eigenvalue weighted by Gasteiger charge is -2.33. The minimum absolute atomic E-state index is 0.0448. The van der Waals surface area contributed by atoms with E-state index in [1.54, 1.807) is 4.90 Å². The molecule has 1 fully saturated rings. The van der Waals surface area contributed by atoms with Gasteiger partial charge in [0.25, 0.3) is 0 Å². The molecule has 1 aromatic rings. The molecule has 2 amide bonds. The van der Waals surface area contributed by atoms with Gasteiger partial charge in [0, 0.05) is 13.1 Å². The van der Waals surface area contributed by atoms with E-state index in [9.17, 15) is 9.59 Å². The fourth-order valence-corrected chi connectivity index (χ4v) is 3.12. The molecule has 2 N–H and O–H groups in total. The van der Waals surface area contributed by atoms with Crippen molar-refractivity contribution >= 4 is 12.0 Å². The predicted octanol–water partition coefficient (Wildman–Crippen LogP) is 3.24. The highest BCUT2D eigenvalue weighted by Gasteiger charge is 2.30. The van der Waals surface area contributed by atoms with Crippen LogP contribution in [0.3, 0.4) is 0 Å². The summed E-state index contributed by atoms with van der Waals surface area (Å²) in [5.74, 6) is -0.0448. The molecule has 0 radical (unpaired) electrons. The first-order valence-corrected chi connectivity index (χ1v) is 9.89. The first-order chi connectivity index (χ1) is 12.9. The van der Waals surface area contributed by atoms with E-state index in [0.29, 0.717) is 13.1 Å². The summed E-state index contributed by atoms with van der Waals surface area (Å²) in [5.41, 5.74) is 0.370. The number of ether oxygens (including phenoxy) is 1. The first kappa shape index (κ1) is 21.2. The molecule has 6 nitrogen and oxygen atoms in total. The van der Waals surface area contributed by atoms with Crippen LogP contribution in [0.5, 0.6) is 0 Å². The van der Waals surface area contributed by atoms with Crippen molar-refractivity contribution in [3.63, 3.8) is 0 Å². The van der Waals surface area contributed by atoms with Crippen molar-refractivity contribution in [1.29, 1.82) is 0 Å². The Bertz CT molecular complexity index is 598. The fraction of sp³-hybridized carbons (Fsp3) is 0.619. The van der Waals surface area contributed by atoms with Crippen LogP contribution in [0.25, 0.3) is 0 Å². The van der Waals surface area contributed by atoms with Crippen LogP contribution < -0.4 is 10.6 Å². The molecule has 1 atom stereocenters. The Kier molecular flexibility index (Phi) is 8.10. The summed E-state index contributed by atoms with van der Waals surface area (Å²) in [4.78, 5) is 27.2. The Morgan fingerprint density at radius 2 is 1.78 bits per heavy atom. The molecule has 1 unspecified atom stereocenters. The maximum absolute atomic E-state index is 12.9. The SMILES string of the molecule is CC(C)(C)OC(=O)N1CCCCNCCCNC(=O)CC1c1ccccc1. The number of nitrogens with one attached hydrogen (secondary N) is 2. The van der Waals surface area contributed by atoms with Crippen LogP contribution in [0.2, 0.25) is 0 Å². The molecular formula is C21H33N3O3. The number of hydrogen-bond acceptors (Lipinski definition) is 4. The van der Waals surface area contributed by atoms with Crippen molar-refractivity contribution in [2.75, 3.05) is 26.2 Å². The molecule has 150 valence electrons. The zero-order valence-electron chi connectivity index (χ0n) is 16.8. The molecule has 1 aliphatic heterocycles. The van der Waals surface area contributed by atoms with Crippen molar-refractivity contribution in [1.82, 2.24) is 15.5 Å². The maximum Gasteiger partial charge on any atom is 0.410 e. The van der Waals surface area contributed by atoms with E-state index in [-0.39, 0.29) is 24.5 Å². The van der Waals surface area contributed by atoms with Gasteiger partial charge in [-0.1, -0.05) is 30.3 Å². The molecule has 0 saturated carbocycles. The Morgan fingerprint density at radius 1 is 1.07 bits per heavy atom. The van der Waals surface area contributed by atoms with Crippen LogP contribution in [0.4, 0.5) is 4.79 Å². The summed E-state index contributed by atoms with van der Waals surface area (Å²) in [7, 11) is 0. The monoisotopic (exact) mass is 375 g/mol.